The van der Waals surface area contributed by atoms with E-state index in [1.807, 2.05) is 13.1 Å². The van der Waals surface area contributed by atoms with E-state index in [4.69, 9.17) is 10.5 Å². The SMILES string of the molecule is CN(Cc1cccc(F)c1)C(CN)C1CCCO1. The van der Waals surface area contributed by atoms with Gasteiger partial charge in [-0.2, -0.15) is 0 Å². The number of likely N-dealkylation sites (N-methyl/N-ethyl adjacent to an activating group) is 1. The minimum absolute atomic E-state index is 0.192. The molecule has 1 saturated heterocycles. The van der Waals surface area contributed by atoms with Crippen LogP contribution in [0.4, 0.5) is 4.39 Å². The van der Waals surface area contributed by atoms with Crippen LogP contribution in [0.1, 0.15) is 18.4 Å². The zero-order valence-corrected chi connectivity index (χ0v) is 10.8. The topological polar surface area (TPSA) is 38.5 Å². The number of hydrogen-bond acceptors (Lipinski definition) is 3. The highest BCUT2D eigenvalue weighted by atomic mass is 19.1. The van der Waals surface area contributed by atoms with Crippen LogP contribution in [0, 0.1) is 5.82 Å². The summed E-state index contributed by atoms with van der Waals surface area (Å²) in [5.74, 6) is -0.192. The van der Waals surface area contributed by atoms with Gasteiger partial charge in [0.05, 0.1) is 6.10 Å². The molecular weight excluding hydrogens is 231 g/mol. The van der Waals surface area contributed by atoms with Crippen LogP contribution in [-0.4, -0.2) is 37.2 Å². The predicted octanol–water partition coefficient (Wildman–Crippen LogP) is 1.76. The summed E-state index contributed by atoms with van der Waals surface area (Å²) in [6, 6.07) is 6.91. The Balaban J connectivity index is 1.98. The maximum atomic E-state index is 13.1. The largest absolute Gasteiger partial charge is 0.377 e. The Bertz CT molecular complexity index is 380. The van der Waals surface area contributed by atoms with Gasteiger partial charge in [-0.25, -0.2) is 4.39 Å². The molecule has 4 heteroatoms. The molecule has 100 valence electrons. The van der Waals surface area contributed by atoms with Gasteiger partial charge in [-0.15, -0.1) is 0 Å². The summed E-state index contributed by atoms with van der Waals surface area (Å²) in [7, 11) is 2.02. The van der Waals surface area contributed by atoms with Gasteiger partial charge in [0.25, 0.3) is 0 Å². The molecule has 1 heterocycles. The van der Waals surface area contributed by atoms with E-state index >= 15 is 0 Å². The lowest BCUT2D eigenvalue weighted by molar-refractivity contribution is 0.0347. The maximum absolute atomic E-state index is 13.1. The minimum Gasteiger partial charge on any atom is -0.377 e. The average molecular weight is 252 g/mol. The number of halogens is 1. The highest BCUT2D eigenvalue weighted by Crippen LogP contribution is 2.20. The molecule has 1 aromatic carbocycles. The third-order valence-electron chi connectivity index (χ3n) is 3.52. The molecule has 1 fully saturated rings. The summed E-state index contributed by atoms with van der Waals surface area (Å²) in [6.45, 7) is 2.09. The monoisotopic (exact) mass is 252 g/mol. The minimum atomic E-state index is -0.192. The van der Waals surface area contributed by atoms with Gasteiger partial charge in [-0.3, -0.25) is 4.90 Å². The summed E-state index contributed by atoms with van der Waals surface area (Å²) >= 11 is 0. The first-order valence-electron chi connectivity index (χ1n) is 6.47. The summed E-state index contributed by atoms with van der Waals surface area (Å²) in [6.07, 6.45) is 2.39. The Morgan fingerprint density at radius 2 is 2.39 bits per heavy atom. The molecule has 1 aliphatic heterocycles. The molecule has 0 amide bonds. The van der Waals surface area contributed by atoms with Crippen molar-refractivity contribution in [3.05, 3.63) is 35.6 Å². The number of nitrogens with two attached hydrogens (primary N) is 1. The van der Waals surface area contributed by atoms with Gasteiger partial charge in [-0.1, -0.05) is 12.1 Å². The Labute approximate surface area is 108 Å². The fourth-order valence-electron chi connectivity index (χ4n) is 2.56. The van der Waals surface area contributed by atoms with Gasteiger partial charge in [0.2, 0.25) is 0 Å². The van der Waals surface area contributed by atoms with Crippen LogP contribution >= 0.6 is 0 Å². The third kappa shape index (κ3) is 3.28. The van der Waals surface area contributed by atoms with E-state index < -0.39 is 0 Å². The van der Waals surface area contributed by atoms with Gasteiger partial charge >= 0.3 is 0 Å². The van der Waals surface area contributed by atoms with Gasteiger partial charge in [0.1, 0.15) is 5.82 Å². The Morgan fingerprint density at radius 3 is 3.00 bits per heavy atom. The highest BCUT2D eigenvalue weighted by Gasteiger charge is 2.27. The Hall–Kier alpha value is -0.970. The quantitative estimate of drug-likeness (QED) is 0.868. The maximum Gasteiger partial charge on any atom is 0.123 e. The van der Waals surface area contributed by atoms with Gasteiger partial charge in [-0.05, 0) is 37.6 Å². The van der Waals surface area contributed by atoms with Crippen molar-refractivity contribution < 1.29 is 9.13 Å². The predicted molar refractivity (Wildman–Crippen MR) is 69.7 cm³/mol. The molecule has 0 aromatic heterocycles. The standard InChI is InChI=1S/C14H21FN2O/c1-17(10-11-4-2-5-12(15)8-11)13(9-16)14-6-3-7-18-14/h2,4-5,8,13-14H,3,6-7,9-10,16H2,1H3. The van der Waals surface area contributed by atoms with E-state index in [0.717, 1.165) is 25.0 Å². The first-order valence-corrected chi connectivity index (χ1v) is 6.47. The molecule has 1 aliphatic rings. The smallest absolute Gasteiger partial charge is 0.123 e. The van der Waals surface area contributed by atoms with Gasteiger partial charge in [0.15, 0.2) is 0 Å². The second-order valence-corrected chi connectivity index (χ2v) is 4.90. The van der Waals surface area contributed by atoms with Crippen molar-refractivity contribution in [1.29, 1.82) is 0 Å². The molecule has 2 atom stereocenters. The van der Waals surface area contributed by atoms with Crippen LogP contribution in [0.3, 0.4) is 0 Å². The molecule has 18 heavy (non-hydrogen) atoms. The van der Waals surface area contributed by atoms with E-state index in [1.165, 1.54) is 6.07 Å². The lowest BCUT2D eigenvalue weighted by Gasteiger charge is -2.31. The Kier molecular flexibility index (Phi) is 4.69. The summed E-state index contributed by atoms with van der Waals surface area (Å²) in [4.78, 5) is 2.16. The molecule has 0 saturated carbocycles. The van der Waals surface area contributed by atoms with Crippen LogP contribution in [-0.2, 0) is 11.3 Å². The molecule has 2 rings (SSSR count). The molecule has 0 spiro atoms. The van der Waals surface area contributed by atoms with Crippen LogP contribution in [0.25, 0.3) is 0 Å². The molecule has 1 aromatic rings. The first-order chi connectivity index (χ1) is 8.70. The number of nitrogens with zero attached hydrogens (tertiary/aromatic N) is 1. The zero-order chi connectivity index (χ0) is 13.0. The average Bonchev–Trinajstić information content (AvgIpc) is 2.83. The van der Waals surface area contributed by atoms with Crippen LogP contribution in [0.2, 0.25) is 0 Å². The fraction of sp³-hybridized carbons (Fsp3) is 0.571. The van der Waals surface area contributed by atoms with Crippen molar-refractivity contribution in [1.82, 2.24) is 4.90 Å². The molecule has 0 radical (unpaired) electrons. The second-order valence-electron chi connectivity index (χ2n) is 4.90. The number of ether oxygens (including phenoxy) is 1. The van der Waals surface area contributed by atoms with Crippen molar-refractivity contribution >= 4 is 0 Å². The summed E-state index contributed by atoms with van der Waals surface area (Å²) in [5.41, 5.74) is 6.81. The molecule has 3 nitrogen and oxygen atoms in total. The molecule has 0 aliphatic carbocycles. The van der Waals surface area contributed by atoms with Crippen LogP contribution in [0.15, 0.2) is 24.3 Å². The summed E-state index contributed by atoms with van der Waals surface area (Å²) in [5, 5.41) is 0. The molecule has 0 bridgehead atoms. The molecular formula is C14H21FN2O. The fourth-order valence-corrected chi connectivity index (χ4v) is 2.56. The van der Waals surface area contributed by atoms with Crippen molar-refractivity contribution in [2.45, 2.75) is 31.5 Å². The Morgan fingerprint density at radius 1 is 1.56 bits per heavy atom. The second kappa shape index (κ2) is 6.27. The lowest BCUT2D eigenvalue weighted by Crippen LogP contribution is -2.45. The first kappa shape index (κ1) is 13.5. The third-order valence-corrected chi connectivity index (χ3v) is 3.52. The van der Waals surface area contributed by atoms with E-state index in [0.29, 0.717) is 13.1 Å². The van der Waals surface area contributed by atoms with Crippen LogP contribution in [0.5, 0.6) is 0 Å². The van der Waals surface area contributed by atoms with E-state index in [9.17, 15) is 4.39 Å². The van der Waals surface area contributed by atoms with Gasteiger partial charge < -0.3 is 10.5 Å². The lowest BCUT2D eigenvalue weighted by atomic mass is 10.1. The van der Waals surface area contributed by atoms with Crippen LogP contribution < -0.4 is 5.73 Å². The van der Waals surface area contributed by atoms with E-state index in [1.54, 1.807) is 12.1 Å². The highest BCUT2D eigenvalue weighted by molar-refractivity contribution is 5.16. The zero-order valence-electron chi connectivity index (χ0n) is 10.8. The normalized spacial score (nSPS) is 21.4. The van der Waals surface area contributed by atoms with Gasteiger partial charge in [0, 0.05) is 25.7 Å². The number of rotatable bonds is 5. The van der Waals surface area contributed by atoms with Crippen molar-refractivity contribution in [2.75, 3.05) is 20.2 Å². The summed E-state index contributed by atoms with van der Waals surface area (Å²) < 4.78 is 18.8. The van der Waals surface area contributed by atoms with E-state index in [2.05, 4.69) is 4.90 Å². The molecule has 2 N–H and O–H groups in total. The molecule has 2 unspecified atom stereocenters. The van der Waals surface area contributed by atoms with Crippen molar-refractivity contribution in [3.63, 3.8) is 0 Å². The van der Waals surface area contributed by atoms with Crippen molar-refractivity contribution in [3.8, 4) is 0 Å². The van der Waals surface area contributed by atoms with E-state index in [-0.39, 0.29) is 18.0 Å². The number of benzene rings is 1. The van der Waals surface area contributed by atoms with Crippen molar-refractivity contribution in [2.24, 2.45) is 5.73 Å². The number of hydrogen-bond donors (Lipinski definition) is 1.